The van der Waals surface area contributed by atoms with Gasteiger partial charge >= 0.3 is 0 Å². The van der Waals surface area contributed by atoms with Gasteiger partial charge in [0.2, 0.25) is 0 Å². The van der Waals surface area contributed by atoms with Crippen LogP contribution >= 0.6 is 15.9 Å². The highest BCUT2D eigenvalue weighted by Gasteiger charge is 2.11. The number of hydrogen-bond donors (Lipinski definition) is 2. The van der Waals surface area contributed by atoms with E-state index < -0.39 is 0 Å². The van der Waals surface area contributed by atoms with Crippen LogP contribution in [0, 0.1) is 0 Å². The zero-order chi connectivity index (χ0) is 18.3. The van der Waals surface area contributed by atoms with Gasteiger partial charge in [0.05, 0.1) is 17.8 Å². The summed E-state index contributed by atoms with van der Waals surface area (Å²) in [5.74, 6) is 0.739. The Morgan fingerprint density at radius 1 is 1.35 bits per heavy atom. The van der Waals surface area contributed by atoms with Crippen LogP contribution in [-0.2, 0) is 0 Å². The number of halogens is 1. The minimum Gasteiger partial charge on any atom is -0.506 e. The molecule has 2 heterocycles. The number of nitrogens with zero attached hydrogens (tertiary/aromatic N) is 3. The average molecular weight is 413 g/mol. The van der Waals surface area contributed by atoms with Gasteiger partial charge in [-0.2, -0.15) is 9.78 Å². The maximum Gasteiger partial charge on any atom is 0.298 e. The summed E-state index contributed by atoms with van der Waals surface area (Å²) in [6.07, 6.45) is 2.75. The predicted octanol–water partition coefficient (Wildman–Crippen LogP) is 3.24. The monoisotopic (exact) mass is 412 g/mol. The van der Waals surface area contributed by atoms with Crippen molar-refractivity contribution in [3.63, 3.8) is 0 Å². The van der Waals surface area contributed by atoms with Crippen molar-refractivity contribution >= 4 is 44.1 Å². The van der Waals surface area contributed by atoms with E-state index in [1.54, 1.807) is 25.3 Å². The van der Waals surface area contributed by atoms with E-state index in [4.69, 9.17) is 4.74 Å². The standard InChI is InChI=1S/C18H13BrN4O3/c1-26-11-5-6-14-12(7-11)15-16(22-14)18(25)23(9-20-15)21-8-10-3-2-4-13(19)17(10)24/h2-9,22,24H,1H3. The van der Waals surface area contributed by atoms with Gasteiger partial charge in [-0.1, -0.05) is 6.07 Å². The van der Waals surface area contributed by atoms with Crippen LogP contribution in [0.5, 0.6) is 11.5 Å². The number of aromatic hydroxyl groups is 1. The van der Waals surface area contributed by atoms with Gasteiger partial charge in [-0.05, 0) is 46.3 Å². The molecule has 0 bridgehead atoms. The van der Waals surface area contributed by atoms with Crippen LogP contribution in [0.2, 0.25) is 0 Å². The molecule has 2 aromatic carbocycles. The summed E-state index contributed by atoms with van der Waals surface area (Å²) in [6.45, 7) is 0. The van der Waals surface area contributed by atoms with Crippen LogP contribution in [0.4, 0.5) is 0 Å². The Morgan fingerprint density at radius 3 is 3.00 bits per heavy atom. The zero-order valence-corrected chi connectivity index (χ0v) is 15.2. The second-order valence-electron chi connectivity index (χ2n) is 5.58. The van der Waals surface area contributed by atoms with Crippen LogP contribution in [0.15, 0.2) is 57.1 Å². The van der Waals surface area contributed by atoms with Crippen LogP contribution in [-0.4, -0.2) is 33.1 Å². The third-order valence-electron chi connectivity index (χ3n) is 4.04. The summed E-state index contributed by atoms with van der Waals surface area (Å²) in [5, 5.41) is 14.9. The topological polar surface area (TPSA) is 92.5 Å². The first-order valence-electron chi connectivity index (χ1n) is 7.67. The Balaban J connectivity index is 1.83. The van der Waals surface area contributed by atoms with Gasteiger partial charge in [0.25, 0.3) is 5.56 Å². The van der Waals surface area contributed by atoms with Crippen molar-refractivity contribution in [3.8, 4) is 11.5 Å². The van der Waals surface area contributed by atoms with Crippen LogP contribution in [0.25, 0.3) is 21.9 Å². The van der Waals surface area contributed by atoms with Gasteiger partial charge in [-0.15, -0.1) is 0 Å². The zero-order valence-electron chi connectivity index (χ0n) is 13.6. The summed E-state index contributed by atoms with van der Waals surface area (Å²) in [5.41, 5.74) is 1.84. The lowest BCUT2D eigenvalue weighted by atomic mass is 10.2. The molecule has 0 amide bonds. The first-order chi connectivity index (χ1) is 12.6. The minimum atomic E-state index is -0.337. The first-order valence-corrected chi connectivity index (χ1v) is 8.46. The Bertz CT molecular complexity index is 1230. The predicted molar refractivity (Wildman–Crippen MR) is 103 cm³/mol. The number of benzene rings is 2. The summed E-state index contributed by atoms with van der Waals surface area (Å²) < 4.78 is 6.90. The van der Waals surface area contributed by atoms with Crippen LogP contribution in [0.1, 0.15) is 5.56 Å². The largest absolute Gasteiger partial charge is 0.506 e. The quantitative estimate of drug-likeness (QED) is 0.505. The Morgan fingerprint density at radius 2 is 2.19 bits per heavy atom. The normalized spacial score (nSPS) is 11.6. The van der Waals surface area contributed by atoms with E-state index in [0.29, 0.717) is 26.8 Å². The molecule has 2 N–H and O–H groups in total. The number of rotatable bonds is 3. The van der Waals surface area contributed by atoms with E-state index in [1.807, 2.05) is 18.2 Å². The summed E-state index contributed by atoms with van der Waals surface area (Å²) in [7, 11) is 1.59. The lowest BCUT2D eigenvalue weighted by Crippen LogP contribution is -2.17. The fourth-order valence-corrected chi connectivity index (χ4v) is 3.08. The van der Waals surface area contributed by atoms with Crippen molar-refractivity contribution in [1.82, 2.24) is 14.6 Å². The highest BCUT2D eigenvalue weighted by molar-refractivity contribution is 9.10. The number of fused-ring (bicyclic) bond motifs is 3. The second-order valence-corrected chi connectivity index (χ2v) is 6.43. The van der Waals surface area contributed by atoms with Gasteiger partial charge in [0.1, 0.15) is 28.9 Å². The fraction of sp³-hybridized carbons (Fsp3) is 0.0556. The summed E-state index contributed by atoms with van der Waals surface area (Å²) >= 11 is 3.24. The molecule has 4 rings (SSSR count). The van der Waals surface area contributed by atoms with Crippen molar-refractivity contribution in [1.29, 1.82) is 0 Å². The maximum absolute atomic E-state index is 12.7. The first kappa shape index (κ1) is 16.3. The van der Waals surface area contributed by atoms with E-state index in [-0.39, 0.29) is 11.3 Å². The Labute approximate surface area is 155 Å². The van der Waals surface area contributed by atoms with Crippen molar-refractivity contribution in [3.05, 3.63) is 63.1 Å². The number of nitrogens with one attached hydrogen (secondary N) is 1. The smallest absolute Gasteiger partial charge is 0.298 e. The van der Waals surface area contributed by atoms with E-state index in [0.717, 1.165) is 15.6 Å². The average Bonchev–Trinajstić information content (AvgIpc) is 3.03. The van der Waals surface area contributed by atoms with Gasteiger partial charge in [-0.3, -0.25) is 4.79 Å². The van der Waals surface area contributed by atoms with E-state index in [2.05, 4.69) is 31.0 Å². The van der Waals surface area contributed by atoms with Gasteiger partial charge in [0, 0.05) is 16.5 Å². The second kappa shape index (κ2) is 6.30. The number of H-pyrrole nitrogens is 1. The third-order valence-corrected chi connectivity index (χ3v) is 4.68. The molecule has 8 heteroatoms. The van der Waals surface area contributed by atoms with Gasteiger partial charge in [0.15, 0.2) is 0 Å². The molecule has 0 aliphatic carbocycles. The molecule has 0 atom stereocenters. The number of aromatic nitrogens is 3. The lowest BCUT2D eigenvalue weighted by Gasteiger charge is -2.01. The number of hydrogen-bond acceptors (Lipinski definition) is 5. The number of aromatic amines is 1. The van der Waals surface area contributed by atoms with E-state index >= 15 is 0 Å². The third kappa shape index (κ3) is 2.64. The van der Waals surface area contributed by atoms with Crippen molar-refractivity contribution in [2.45, 2.75) is 0 Å². The van der Waals surface area contributed by atoms with Crippen molar-refractivity contribution in [2.75, 3.05) is 7.11 Å². The molecule has 4 aromatic rings. The fourth-order valence-electron chi connectivity index (χ4n) is 2.69. The number of ether oxygens (including phenoxy) is 1. The minimum absolute atomic E-state index is 0.0519. The molecule has 130 valence electrons. The molecular formula is C18H13BrN4O3. The molecule has 2 aromatic heterocycles. The maximum atomic E-state index is 12.7. The summed E-state index contributed by atoms with van der Waals surface area (Å²) in [4.78, 5) is 20.1. The molecule has 0 fully saturated rings. The van der Waals surface area contributed by atoms with Crippen LogP contribution in [0.3, 0.4) is 0 Å². The molecule has 0 saturated carbocycles. The molecule has 0 spiro atoms. The molecule has 0 unspecified atom stereocenters. The van der Waals surface area contributed by atoms with Crippen molar-refractivity contribution in [2.24, 2.45) is 5.10 Å². The number of phenols is 1. The molecule has 0 aliphatic rings. The van der Waals surface area contributed by atoms with E-state index in [1.165, 1.54) is 12.5 Å². The molecule has 0 aliphatic heterocycles. The number of methoxy groups -OCH3 is 1. The number of para-hydroxylation sites is 1. The van der Waals surface area contributed by atoms with Crippen molar-refractivity contribution < 1.29 is 9.84 Å². The van der Waals surface area contributed by atoms with Gasteiger partial charge in [-0.25, -0.2) is 4.98 Å². The Hall–Kier alpha value is -3.13. The SMILES string of the molecule is COc1ccc2[nH]c3c(=O)n(N=Cc4cccc(Br)c4O)cnc3c2c1. The molecule has 7 nitrogen and oxygen atoms in total. The molecular weight excluding hydrogens is 400 g/mol. The molecule has 0 radical (unpaired) electrons. The van der Waals surface area contributed by atoms with E-state index in [9.17, 15) is 9.90 Å². The summed E-state index contributed by atoms with van der Waals surface area (Å²) in [6, 6.07) is 10.6. The highest BCUT2D eigenvalue weighted by Crippen LogP contribution is 2.27. The lowest BCUT2D eigenvalue weighted by molar-refractivity contribution is 0.415. The number of phenolic OH excluding ortho intramolecular Hbond substituents is 1. The highest BCUT2D eigenvalue weighted by atomic mass is 79.9. The Kier molecular flexibility index (Phi) is 3.96. The van der Waals surface area contributed by atoms with Gasteiger partial charge < -0.3 is 14.8 Å². The molecule has 0 saturated heterocycles. The van der Waals surface area contributed by atoms with Crippen LogP contribution < -0.4 is 10.3 Å². The molecule has 26 heavy (non-hydrogen) atoms.